The smallest absolute Gasteiger partial charge is 0.131 e. The van der Waals surface area contributed by atoms with Crippen LogP contribution in [0.4, 0.5) is 0 Å². The molecule has 1 unspecified atom stereocenters. The summed E-state index contributed by atoms with van der Waals surface area (Å²) < 4.78 is 2.72. The Morgan fingerprint density at radius 3 is 2.28 bits per heavy atom. The van der Waals surface area contributed by atoms with Gasteiger partial charge in [-0.25, -0.2) is 0 Å². The van der Waals surface area contributed by atoms with E-state index in [1.54, 1.807) is 0 Å². The van der Waals surface area contributed by atoms with Crippen LogP contribution >= 0.6 is 0 Å². The molecule has 1 aliphatic carbocycles. The second-order valence-corrected chi connectivity index (χ2v) is 8.78. The van der Waals surface area contributed by atoms with Crippen molar-refractivity contribution in [3.8, 4) is 0 Å². The highest BCUT2D eigenvalue weighted by Gasteiger charge is 2.36. The summed E-state index contributed by atoms with van der Waals surface area (Å²) in [6, 6.07) is 9.30. The molecule has 2 heteroatoms. The molecule has 18 heavy (non-hydrogen) atoms. The fourth-order valence-electron chi connectivity index (χ4n) is 3.12. The first kappa shape index (κ1) is 13.6. The Morgan fingerprint density at radius 2 is 1.72 bits per heavy atom. The van der Waals surface area contributed by atoms with Crippen molar-refractivity contribution in [2.45, 2.75) is 52.4 Å². The molecular weight excluding hydrogens is 234 g/mol. The van der Waals surface area contributed by atoms with E-state index in [4.69, 9.17) is 0 Å². The Kier molecular flexibility index (Phi) is 3.52. The van der Waals surface area contributed by atoms with E-state index in [1.165, 1.54) is 16.7 Å². The maximum atomic E-state index is 2.72. The number of nitrogens with zero attached hydrogens (tertiary/aromatic N) is 1. The van der Waals surface area contributed by atoms with Gasteiger partial charge in [0.25, 0.3) is 0 Å². The molecule has 1 atom stereocenters. The highest BCUT2D eigenvalue weighted by atomic mass is 28.3. The molecule has 0 heterocycles. The van der Waals surface area contributed by atoms with Crippen LogP contribution in [0.15, 0.2) is 29.8 Å². The molecule has 0 fully saturated rings. The molecule has 1 aromatic carbocycles. The van der Waals surface area contributed by atoms with Gasteiger partial charge in [0.2, 0.25) is 0 Å². The second-order valence-electron chi connectivity index (χ2n) is 6.41. The minimum Gasteiger partial charge on any atom is -0.310 e. The predicted molar refractivity (Wildman–Crippen MR) is 81.9 cm³/mol. The van der Waals surface area contributed by atoms with Crippen LogP contribution in [-0.2, 0) is 0 Å². The molecule has 1 radical (unpaired) electrons. The Hall–Kier alpha value is -0.863. The minimum atomic E-state index is -0.495. The SMILES string of the molecule is CC1=Cc2ccccc2C1N([Si](C)C)C(C)(C)C. The highest BCUT2D eigenvalue weighted by molar-refractivity contribution is 6.53. The molecule has 0 spiro atoms. The zero-order valence-corrected chi connectivity index (χ0v) is 13.4. The van der Waals surface area contributed by atoms with Crippen molar-refractivity contribution in [3.63, 3.8) is 0 Å². The van der Waals surface area contributed by atoms with Crippen LogP contribution in [0, 0.1) is 0 Å². The Labute approximate surface area is 113 Å². The van der Waals surface area contributed by atoms with Gasteiger partial charge >= 0.3 is 0 Å². The summed E-state index contributed by atoms with van der Waals surface area (Å²) >= 11 is 0. The number of hydrogen-bond acceptors (Lipinski definition) is 1. The van der Waals surface area contributed by atoms with Crippen LogP contribution in [0.2, 0.25) is 13.1 Å². The van der Waals surface area contributed by atoms with E-state index in [0.29, 0.717) is 6.04 Å². The molecule has 1 nitrogen and oxygen atoms in total. The number of rotatable bonds is 2. The largest absolute Gasteiger partial charge is 0.310 e. The van der Waals surface area contributed by atoms with E-state index < -0.39 is 8.96 Å². The molecule has 0 aromatic heterocycles. The zero-order chi connectivity index (χ0) is 13.5. The summed E-state index contributed by atoms with van der Waals surface area (Å²) in [5.41, 5.74) is 4.58. The summed E-state index contributed by atoms with van der Waals surface area (Å²) in [6.07, 6.45) is 2.35. The standard InChI is InChI=1S/C16H24NSi/c1-12-11-13-9-7-8-10-14(13)15(12)17(18(5)6)16(2,3)4/h7-11,15H,1-6H3. The third-order valence-corrected chi connectivity index (χ3v) is 5.46. The van der Waals surface area contributed by atoms with Crippen LogP contribution < -0.4 is 0 Å². The van der Waals surface area contributed by atoms with Crippen molar-refractivity contribution in [2.75, 3.05) is 0 Å². The van der Waals surface area contributed by atoms with Gasteiger partial charge in [0.15, 0.2) is 0 Å². The predicted octanol–water partition coefficient (Wildman–Crippen LogP) is 4.50. The van der Waals surface area contributed by atoms with Crippen molar-refractivity contribution in [1.29, 1.82) is 0 Å². The van der Waals surface area contributed by atoms with E-state index in [-0.39, 0.29) is 5.54 Å². The van der Waals surface area contributed by atoms with E-state index >= 15 is 0 Å². The van der Waals surface area contributed by atoms with E-state index in [9.17, 15) is 0 Å². The lowest BCUT2D eigenvalue weighted by molar-refractivity contribution is 0.209. The summed E-state index contributed by atoms with van der Waals surface area (Å²) in [7, 11) is -0.495. The highest BCUT2D eigenvalue weighted by Crippen LogP contribution is 2.41. The monoisotopic (exact) mass is 258 g/mol. The fraction of sp³-hybridized carbons (Fsp3) is 0.500. The maximum Gasteiger partial charge on any atom is 0.131 e. The molecule has 0 aliphatic heterocycles. The summed E-state index contributed by atoms with van der Waals surface area (Å²) in [5, 5.41) is 0. The quantitative estimate of drug-likeness (QED) is 0.706. The number of hydrogen-bond donors (Lipinski definition) is 0. The first-order chi connectivity index (χ1) is 8.32. The van der Waals surface area contributed by atoms with Crippen LogP contribution in [0.3, 0.4) is 0 Å². The molecule has 97 valence electrons. The average molecular weight is 258 g/mol. The average Bonchev–Trinajstić information content (AvgIpc) is 2.54. The van der Waals surface area contributed by atoms with Crippen LogP contribution in [-0.4, -0.2) is 19.1 Å². The van der Waals surface area contributed by atoms with Crippen LogP contribution in [0.1, 0.15) is 44.9 Å². The molecular formula is C16H24NSi. The van der Waals surface area contributed by atoms with Gasteiger partial charge in [-0.2, -0.15) is 0 Å². The number of benzene rings is 1. The summed E-state index contributed by atoms with van der Waals surface area (Å²) in [6.45, 7) is 14.1. The van der Waals surface area contributed by atoms with Crippen molar-refractivity contribution >= 4 is 15.0 Å². The topological polar surface area (TPSA) is 3.24 Å². The van der Waals surface area contributed by atoms with Gasteiger partial charge in [-0.05, 0) is 38.8 Å². The van der Waals surface area contributed by atoms with Crippen molar-refractivity contribution < 1.29 is 0 Å². The fourth-order valence-corrected chi connectivity index (χ4v) is 5.32. The van der Waals surface area contributed by atoms with Gasteiger partial charge in [-0.3, -0.25) is 0 Å². The van der Waals surface area contributed by atoms with Crippen molar-refractivity contribution in [3.05, 3.63) is 41.0 Å². The normalized spacial score (nSPS) is 19.3. The zero-order valence-electron chi connectivity index (χ0n) is 12.4. The summed E-state index contributed by atoms with van der Waals surface area (Å²) in [4.78, 5) is 0. The lowest BCUT2D eigenvalue weighted by atomic mass is 10.00. The minimum absolute atomic E-state index is 0.217. The van der Waals surface area contributed by atoms with E-state index in [0.717, 1.165) is 0 Å². The Balaban J connectivity index is 2.47. The Bertz CT molecular complexity index is 468. The first-order valence-electron chi connectivity index (χ1n) is 6.69. The lowest BCUT2D eigenvalue weighted by Crippen LogP contribution is -2.50. The van der Waals surface area contributed by atoms with Gasteiger partial charge in [0.1, 0.15) is 8.96 Å². The molecule has 0 N–H and O–H groups in total. The Morgan fingerprint density at radius 1 is 1.11 bits per heavy atom. The molecule has 0 bridgehead atoms. The molecule has 1 aliphatic rings. The van der Waals surface area contributed by atoms with Gasteiger partial charge in [-0.15, -0.1) is 0 Å². The van der Waals surface area contributed by atoms with Crippen LogP contribution in [0.5, 0.6) is 0 Å². The second kappa shape index (κ2) is 4.67. The van der Waals surface area contributed by atoms with Gasteiger partial charge in [-0.1, -0.05) is 49.0 Å². The molecule has 0 amide bonds. The van der Waals surface area contributed by atoms with Gasteiger partial charge in [0, 0.05) is 5.54 Å². The van der Waals surface area contributed by atoms with Gasteiger partial charge < -0.3 is 4.57 Å². The molecule has 0 saturated heterocycles. The molecule has 0 saturated carbocycles. The lowest BCUT2D eigenvalue weighted by Gasteiger charge is -2.44. The maximum absolute atomic E-state index is 2.72. The third kappa shape index (κ3) is 2.32. The molecule has 2 rings (SSSR count). The molecule has 1 aromatic rings. The number of fused-ring (bicyclic) bond motifs is 1. The van der Waals surface area contributed by atoms with Crippen molar-refractivity contribution in [1.82, 2.24) is 4.57 Å². The first-order valence-corrected chi connectivity index (χ1v) is 9.13. The van der Waals surface area contributed by atoms with Crippen molar-refractivity contribution in [2.24, 2.45) is 0 Å². The van der Waals surface area contributed by atoms with E-state index in [2.05, 4.69) is 75.7 Å². The summed E-state index contributed by atoms with van der Waals surface area (Å²) in [5.74, 6) is 0. The van der Waals surface area contributed by atoms with E-state index in [1.807, 2.05) is 0 Å². The van der Waals surface area contributed by atoms with Crippen LogP contribution in [0.25, 0.3) is 6.08 Å². The van der Waals surface area contributed by atoms with Gasteiger partial charge in [0.05, 0.1) is 6.04 Å². The third-order valence-electron chi connectivity index (χ3n) is 3.57.